The molecule has 1 heterocycles. The Balaban J connectivity index is 2.14. The minimum absolute atomic E-state index is 0.0718. The van der Waals surface area contributed by atoms with Gasteiger partial charge in [-0.15, -0.1) is 0 Å². The Labute approximate surface area is 110 Å². The summed E-state index contributed by atoms with van der Waals surface area (Å²) in [4.78, 5) is 6.84. The summed E-state index contributed by atoms with van der Waals surface area (Å²) >= 11 is 0. The molecule has 1 aromatic heterocycles. The Morgan fingerprint density at radius 1 is 1.16 bits per heavy atom. The Morgan fingerprint density at radius 3 is 2.21 bits per heavy atom. The van der Waals surface area contributed by atoms with Crippen LogP contribution in [0.2, 0.25) is 0 Å². The highest BCUT2D eigenvalue weighted by Crippen LogP contribution is 2.35. The van der Waals surface area contributed by atoms with E-state index in [0.29, 0.717) is 12.5 Å². The van der Waals surface area contributed by atoms with Crippen molar-refractivity contribution in [3.63, 3.8) is 0 Å². The molecule has 0 spiro atoms. The number of hydrogen-bond acceptors (Lipinski definition) is 3. The van der Waals surface area contributed by atoms with Gasteiger partial charge in [-0.1, -0.05) is 19.3 Å². The van der Waals surface area contributed by atoms with Crippen LogP contribution in [-0.2, 0) is 6.18 Å². The van der Waals surface area contributed by atoms with E-state index in [9.17, 15) is 13.2 Å². The fourth-order valence-corrected chi connectivity index (χ4v) is 2.81. The van der Waals surface area contributed by atoms with Crippen LogP contribution in [-0.4, -0.2) is 16.5 Å². The predicted octanol–water partition coefficient (Wildman–Crippen LogP) is 3.12. The van der Waals surface area contributed by atoms with Crippen molar-refractivity contribution in [1.29, 1.82) is 0 Å². The van der Waals surface area contributed by atoms with E-state index in [1.807, 2.05) is 0 Å². The summed E-state index contributed by atoms with van der Waals surface area (Å²) in [5.74, 6) is -0.572. The summed E-state index contributed by atoms with van der Waals surface area (Å²) in [5.41, 5.74) is 6.51. The number of nitrogens with two attached hydrogens (primary N) is 1. The molecule has 3 nitrogen and oxygen atoms in total. The highest BCUT2D eigenvalue weighted by molar-refractivity contribution is 5.14. The van der Waals surface area contributed by atoms with Gasteiger partial charge in [0.1, 0.15) is 0 Å². The third-order valence-corrected chi connectivity index (χ3v) is 3.83. The molecular formula is C13H18F3N3. The quantitative estimate of drug-likeness (QED) is 0.920. The lowest BCUT2D eigenvalue weighted by Crippen LogP contribution is -2.24. The molecule has 2 rings (SSSR count). The number of alkyl halides is 3. The first kappa shape index (κ1) is 14.2. The van der Waals surface area contributed by atoms with Crippen LogP contribution < -0.4 is 5.73 Å². The van der Waals surface area contributed by atoms with E-state index >= 15 is 0 Å². The summed E-state index contributed by atoms with van der Waals surface area (Å²) in [6.45, 7) is 0.430. The third-order valence-electron chi connectivity index (χ3n) is 3.83. The molecule has 2 N–H and O–H groups in total. The average Bonchev–Trinajstić information content (AvgIpc) is 2.40. The maximum atomic E-state index is 12.4. The van der Waals surface area contributed by atoms with E-state index in [-0.39, 0.29) is 5.92 Å². The molecule has 1 aliphatic rings. The van der Waals surface area contributed by atoms with E-state index in [1.54, 1.807) is 0 Å². The summed E-state index contributed by atoms with van der Waals surface area (Å²) in [6.07, 6.45) is 3.82. The van der Waals surface area contributed by atoms with Gasteiger partial charge in [0.25, 0.3) is 0 Å². The van der Waals surface area contributed by atoms with Gasteiger partial charge in [-0.3, -0.25) is 0 Å². The van der Waals surface area contributed by atoms with Crippen LogP contribution in [0.25, 0.3) is 0 Å². The zero-order valence-corrected chi connectivity index (χ0v) is 10.7. The van der Waals surface area contributed by atoms with Crippen molar-refractivity contribution in [3.05, 3.63) is 23.8 Å². The van der Waals surface area contributed by atoms with Crippen molar-refractivity contribution >= 4 is 0 Å². The predicted molar refractivity (Wildman–Crippen MR) is 65.4 cm³/mol. The van der Waals surface area contributed by atoms with E-state index in [0.717, 1.165) is 18.4 Å². The number of hydrogen-bond donors (Lipinski definition) is 1. The van der Waals surface area contributed by atoms with Gasteiger partial charge in [0, 0.05) is 18.3 Å². The molecule has 0 saturated heterocycles. The lowest BCUT2D eigenvalue weighted by molar-refractivity contribution is -0.145. The Morgan fingerprint density at radius 2 is 1.74 bits per heavy atom. The molecule has 1 fully saturated rings. The summed E-state index contributed by atoms with van der Waals surface area (Å²) in [6, 6.07) is 0. The van der Waals surface area contributed by atoms with Gasteiger partial charge < -0.3 is 5.73 Å². The summed E-state index contributed by atoms with van der Waals surface area (Å²) in [7, 11) is 0. The third kappa shape index (κ3) is 3.43. The van der Waals surface area contributed by atoms with Crippen molar-refractivity contribution in [3.8, 4) is 0 Å². The number of nitrogens with zero attached hydrogens (tertiary/aromatic N) is 2. The van der Waals surface area contributed by atoms with Crippen molar-refractivity contribution in [2.24, 2.45) is 11.7 Å². The zero-order chi connectivity index (χ0) is 13.9. The topological polar surface area (TPSA) is 51.8 Å². The second-order valence-corrected chi connectivity index (χ2v) is 5.08. The molecule has 0 bridgehead atoms. The van der Waals surface area contributed by atoms with Crippen LogP contribution in [0.4, 0.5) is 13.2 Å². The van der Waals surface area contributed by atoms with Gasteiger partial charge in [0.05, 0.1) is 0 Å². The highest BCUT2D eigenvalue weighted by atomic mass is 19.4. The van der Waals surface area contributed by atoms with Crippen molar-refractivity contribution in [2.45, 2.75) is 44.2 Å². The van der Waals surface area contributed by atoms with Crippen molar-refractivity contribution in [2.75, 3.05) is 6.54 Å². The number of halogens is 3. The van der Waals surface area contributed by atoms with Crippen molar-refractivity contribution in [1.82, 2.24) is 9.97 Å². The van der Waals surface area contributed by atoms with Gasteiger partial charge >= 0.3 is 6.18 Å². The van der Waals surface area contributed by atoms with Gasteiger partial charge in [0.15, 0.2) is 0 Å². The molecule has 1 atom stereocenters. The van der Waals surface area contributed by atoms with Crippen LogP contribution >= 0.6 is 0 Å². The molecule has 1 aromatic rings. The molecule has 1 unspecified atom stereocenters. The number of aromatic nitrogens is 2. The van der Waals surface area contributed by atoms with E-state index in [1.165, 1.54) is 31.7 Å². The fourth-order valence-electron chi connectivity index (χ4n) is 2.81. The second kappa shape index (κ2) is 5.86. The monoisotopic (exact) mass is 273 g/mol. The van der Waals surface area contributed by atoms with Crippen LogP contribution in [0.5, 0.6) is 0 Å². The van der Waals surface area contributed by atoms with Gasteiger partial charge in [0.2, 0.25) is 5.82 Å². The molecule has 6 heteroatoms. The van der Waals surface area contributed by atoms with Crippen LogP contribution in [0.3, 0.4) is 0 Å². The highest BCUT2D eigenvalue weighted by Gasteiger charge is 2.34. The maximum absolute atomic E-state index is 12.4. The smallest absolute Gasteiger partial charge is 0.330 e. The lowest BCUT2D eigenvalue weighted by Gasteiger charge is -2.29. The van der Waals surface area contributed by atoms with Gasteiger partial charge in [-0.05, 0) is 30.9 Å². The maximum Gasteiger partial charge on any atom is 0.451 e. The first-order valence-electron chi connectivity index (χ1n) is 6.61. The van der Waals surface area contributed by atoms with Crippen molar-refractivity contribution < 1.29 is 13.2 Å². The molecule has 0 amide bonds. The molecule has 0 aliphatic heterocycles. The second-order valence-electron chi connectivity index (χ2n) is 5.08. The molecule has 0 aromatic carbocycles. The SMILES string of the molecule is NCC(c1cnc(C(F)(F)F)nc1)C1CCCCC1. The average molecular weight is 273 g/mol. The fraction of sp³-hybridized carbons (Fsp3) is 0.692. The largest absolute Gasteiger partial charge is 0.451 e. The van der Waals surface area contributed by atoms with Gasteiger partial charge in [-0.2, -0.15) is 13.2 Å². The van der Waals surface area contributed by atoms with E-state index < -0.39 is 12.0 Å². The van der Waals surface area contributed by atoms with E-state index in [2.05, 4.69) is 9.97 Å². The normalized spacial score (nSPS) is 19.4. The molecule has 1 saturated carbocycles. The zero-order valence-electron chi connectivity index (χ0n) is 10.7. The molecule has 1 aliphatic carbocycles. The Bertz CT molecular complexity index is 397. The lowest BCUT2D eigenvalue weighted by atomic mass is 9.77. The summed E-state index contributed by atoms with van der Waals surface area (Å²) < 4.78 is 37.2. The van der Waals surface area contributed by atoms with Crippen LogP contribution in [0.15, 0.2) is 12.4 Å². The summed E-state index contributed by atoms with van der Waals surface area (Å²) in [5, 5.41) is 0. The van der Waals surface area contributed by atoms with E-state index in [4.69, 9.17) is 5.73 Å². The molecule has 106 valence electrons. The standard InChI is InChI=1S/C13H18F3N3/c14-13(15,16)12-18-7-10(8-19-12)11(6-17)9-4-2-1-3-5-9/h7-9,11H,1-6,17H2. The first-order valence-corrected chi connectivity index (χ1v) is 6.61. The molecule has 19 heavy (non-hydrogen) atoms. The van der Waals surface area contributed by atoms with Crippen LogP contribution in [0.1, 0.15) is 49.4 Å². The van der Waals surface area contributed by atoms with Crippen LogP contribution in [0, 0.1) is 5.92 Å². The minimum Gasteiger partial charge on any atom is -0.330 e. The van der Waals surface area contributed by atoms with Gasteiger partial charge in [-0.25, -0.2) is 9.97 Å². The Hall–Kier alpha value is -1.17. The first-order chi connectivity index (χ1) is 9.02. The minimum atomic E-state index is -4.48. The molecule has 0 radical (unpaired) electrons. The Kier molecular flexibility index (Phi) is 4.39. The molecular weight excluding hydrogens is 255 g/mol. The number of rotatable bonds is 3.